The SMILES string of the molecule is CCCCCCCCC1(CCCCCCCC)c2cc(C(C)CC)ccc2-c2ccc(C(c3ccccc3)(c3ccccc3)c3ccc4c(c3)C(c3ccc5c(c3)CC5)(c3ccc5c(c3)CC5)c3ccccc3-4)cc21. The average Bonchev–Trinajstić information content (AvgIpc) is 3.94. The molecule has 1 atom stereocenters. The molecule has 0 heteroatoms. The maximum Gasteiger partial charge on any atom is 0.0713 e. The summed E-state index contributed by atoms with van der Waals surface area (Å²) in [5, 5.41) is 0. The third-order valence-corrected chi connectivity index (χ3v) is 19.4. The summed E-state index contributed by atoms with van der Waals surface area (Å²) < 4.78 is 0. The smallest absolute Gasteiger partial charge is 0.0654 e. The molecule has 0 saturated carbocycles. The first-order valence-corrected chi connectivity index (χ1v) is 29.9. The predicted octanol–water partition coefficient (Wildman–Crippen LogP) is 19.9. The topological polar surface area (TPSA) is 0 Å². The molecule has 1 unspecified atom stereocenters. The van der Waals surface area contributed by atoms with Crippen LogP contribution in [0.25, 0.3) is 22.3 Å². The fourth-order valence-electron chi connectivity index (χ4n) is 14.9. The van der Waals surface area contributed by atoms with Gasteiger partial charge >= 0.3 is 0 Å². The zero-order valence-corrected chi connectivity index (χ0v) is 45.8. The van der Waals surface area contributed by atoms with Gasteiger partial charge in [-0.05, 0) is 157 Å². The predicted molar refractivity (Wildman–Crippen MR) is 318 cm³/mol. The van der Waals surface area contributed by atoms with Crippen molar-refractivity contribution in [3.8, 4) is 22.3 Å². The Morgan fingerprint density at radius 1 is 0.373 bits per heavy atom. The molecular weight excluding hydrogens is 901 g/mol. The van der Waals surface area contributed by atoms with Crippen LogP contribution in [-0.2, 0) is 41.9 Å². The first-order valence-electron chi connectivity index (χ1n) is 29.9. The standard InChI is InChI=1S/C75H80/c1-5-8-10-12-14-24-46-73(47-25-15-13-11-9-6-2)70-50-56(53(4)7-3)38-43-66(70)67-44-41-63(51-71(67)73)74(59-26-18-16-19-27-59,60-28-20-17-21-29-60)64-42-45-68-65-30-22-23-31-69(65)75(72(68)52-64,61-39-36-54-32-34-57(54)48-61)62-40-37-55-33-35-58(55)49-62/h16-23,26-31,36-45,48-53H,5-15,24-25,32-35,46-47H2,1-4H3. The van der Waals surface area contributed by atoms with Gasteiger partial charge in [-0.15, -0.1) is 0 Å². The van der Waals surface area contributed by atoms with E-state index in [1.807, 2.05) is 0 Å². The van der Waals surface area contributed by atoms with E-state index in [4.69, 9.17) is 0 Å². The number of fused-ring (bicyclic) bond motifs is 8. The van der Waals surface area contributed by atoms with E-state index in [1.165, 1.54) is 197 Å². The number of unbranched alkanes of at least 4 members (excludes halogenated alkanes) is 10. The molecule has 4 aliphatic carbocycles. The van der Waals surface area contributed by atoms with E-state index in [-0.39, 0.29) is 5.41 Å². The molecule has 0 aliphatic heterocycles. The van der Waals surface area contributed by atoms with E-state index >= 15 is 0 Å². The number of hydrogen-bond donors (Lipinski definition) is 0. The summed E-state index contributed by atoms with van der Waals surface area (Å²) in [6, 6.07) is 71.1. The van der Waals surface area contributed by atoms with Crippen LogP contribution in [0.3, 0.4) is 0 Å². The minimum absolute atomic E-state index is 0.0583. The maximum atomic E-state index is 2.77. The van der Waals surface area contributed by atoms with E-state index in [1.54, 1.807) is 11.1 Å². The molecule has 8 aromatic carbocycles. The Bertz CT molecular complexity index is 3200. The van der Waals surface area contributed by atoms with Crippen molar-refractivity contribution in [1.29, 1.82) is 0 Å². The highest BCUT2D eigenvalue weighted by Crippen LogP contribution is 2.60. The van der Waals surface area contributed by atoms with Gasteiger partial charge in [0.25, 0.3) is 0 Å². The lowest BCUT2D eigenvalue weighted by Gasteiger charge is -2.40. The van der Waals surface area contributed by atoms with Gasteiger partial charge < -0.3 is 0 Å². The Hall–Kier alpha value is -6.24. The Morgan fingerprint density at radius 3 is 1.35 bits per heavy atom. The highest BCUT2D eigenvalue weighted by atomic mass is 14.5. The summed E-state index contributed by atoms with van der Waals surface area (Å²) >= 11 is 0. The lowest BCUT2D eigenvalue weighted by atomic mass is 9.61. The van der Waals surface area contributed by atoms with Crippen LogP contribution in [0, 0.1) is 0 Å². The van der Waals surface area contributed by atoms with Gasteiger partial charge in [0.15, 0.2) is 0 Å². The van der Waals surface area contributed by atoms with Crippen LogP contribution in [0.4, 0.5) is 0 Å². The third-order valence-electron chi connectivity index (χ3n) is 19.4. The van der Waals surface area contributed by atoms with Gasteiger partial charge in [0, 0.05) is 5.41 Å². The van der Waals surface area contributed by atoms with Gasteiger partial charge in [-0.25, -0.2) is 0 Å². The molecule has 0 N–H and O–H groups in total. The van der Waals surface area contributed by atoms with E-state index in [9.17, 15) is 0 Å². The first kappa shape index (κ1) is 49.6. The molecule has 0 saturated heterocycles. The second-order valence-corrected chi connectivity index (χ2v) is 23.5. The highest BCUT2D eigenvalue weighted by Gasteiger charge is 2.50. The molecule has 0 aromatic heterocycles. The van der Waals surface area contributed by atoms with E-state index in [0.717, 1.165) is 19.3 Å². The number of aryl methyl sites for hydroxylation is 4. The minimum Gasteiger partial charge on any atom is -0.0654 e. The molecule has 8 aromatic rings. The summed E-state index contributed by atoms with van der Waals surface area (Å²) in [6.07, 6.45) is 24.0. The fourth-order valence-corrected chi connectivity index (χ4v) is 14.9. The molecule has 0 spiro atoms. The molecule has 380 valence electrons. The Labute approximate surface area is 451 Å². The summed E-state index contributed by atoms with van der Waals surface area (Å²) in [5.41, 5.74) is 26.1. The van der Waals surface area contributed by atoms with Crippen molar-refractivity contribution < 1.29 is 0 Å². The molecule has 0 fully saturated rings. The van der Waals surface area contributed by atoms with Crippen LogP contribution < -0.4 is 0 Å². The van der Waals surface area contributed by atoms with Crippen molar-refractivity contribution in [2.45, 2.75) is 172 Å². The molecule has 0 heterocycles. The second-order valence-electron chi connectivity index (χ2n) is 23.5. The van der Waals surface area contributed by atoms with Gasteiger partial charge in [-0.3, -0.25) is 0 Å². The molecule has 0 amide bonds. The van der Waals surface area contributed by atoms with Crippen molar-refractivity contribution in [2.75, 3.05) is 0 Å². The average molecular weight is 981 g/mol. The summed E-state index contributed by atoms with van der Waals surface area (Å²) in [4.78, 5) is 0. The fraction of sp³-hybridized carbons (Fsp3) is 0.360. The molecule has 12 rings (SSSR count). The molecule has 0 radical (unpaired) electrons. The highest BCUT2D eigenvalue weighted by molar-refractivity contribution is 5.88. The lowest BCUT2D eigenvalue weighted by molar-refractivity contribution is 0.397. The zero-order chi connectivity index (χ0) is 51.0. The Morgan fingerprint density at radius 2 is 0.827 bits per heavy atom. The maximum absolute atomic E-state index is 2.77. The van der Waals surface area contributed by atoms with Crippen molar-refractivity contribution in [3.63, 3.8) is 0 Å². The number of hydrogen-bond acceptors (Lipinski definition) is 0. The van der Waals surface area contributed by atoms with Crippen molar-refractivity contribution >= 4 is 0 Å². The lowest BCUT2D eigenvalue weighted by Crippen LogP contribution is -2.34. The second kappa shape index (κ2) is 21.1. The van der Waals surface area contributed by atoms with Gasteiger partial charge in [-0.2, -0.15) is 0 Å². The van der Waals surface area contributed by atoms with Gasteiger partial charge in [0.05, 0.1) is 10.8 Å². The van der Waals surface area contributed by atoms with E-state index in [0.29, 0.717) is 5.92 Å². The molecule has 0 nitrogen and oxygen atoms in total. The monoisotopic (exact) mass is 981 g/mol. The van der Waals surface area contributed by atoms with Crippen LogP contribution in [0.5, 0.6) is 0 Å². The Kier molecular flexibility index (Phi) is 13.9. The summed E-state index contributed by atoms with van der Waals surface area (Å²) in [7, 11) is 0. The van der Waals surface area contributed by atoms with Crippen LogP contribution in [0.15, 0.2) is 176 Å². The van der Waals surface area contributed by atoms with E-state index in [2.05, 4.69) is 204 Å². The van der Waals surface area contributed by atoms with E-state index < -0.39 is 10.8 Å². The third kappa shape index (κ3) is 8.31. The van der Waals surface area contributed by atoms with Crippen LogP contribution in [-0.4, -0.2) is 0 Å². The van der Waals surface area contributed by atoms with Gasteiger partial charge in [-0.1, -0.05) is 281 Å². The summed E-state index contributed by atoms with van der Waals surface area (Å²) in [5.74, 6) is 0.525. The van der Waals surface area contributed by atoms with Crippen molar-refractivity contribution in [3.05, 3.63) is 259 Å². The molecule has 75 heavy (non-hydrogen) atoms. The zero-order valence-electron chi connectivity index (χ0n) is 45.8. The normalized spacial score (nSPS) is 15.4. The minimum atomic E-state index is -0.628. The van der Waals surface area contributed by atoms with Crippen LogP contribution in [0.2, 0.25) is 0 Å². The van der Waals surface area contributed by atoms with Gasteiger partial charge in [0.2, 0.25) is 0 Å². The molecular formula is C75H80. The largest absolute Gasteiger partial charge is 0.0713 e. The van der Waals surface area contributed by atoms with Gasteiger partial charge in [0.1, 0.15) is 0 Å². The Balaban J connectivity index is 1.11. The molecule has 0 bridgehead atoms. The molecule has 4 aliphatic rings. The van der Waals surface area contributed by atoms with Crippen LogP contribution >= 0.6 is 0 Å². The summed E-state index contributed by atoms with van der Waals surface area (Å²) in [6.45, 7) is 9.49. The van der Waals surface area contributed by atoms with Crippen molar-refractivity contribution in [2.24, 2.45) is 0 Å². The van der Waals surface area contributed by atoms with Crippen LogP contribution in [0.1, 0.15) is 213 Å². The quantitative estimate of drug-likeness (QED) is 0.0469. The number of rotatable bonds is 22. The first-order chi connectivity index (χ1) is 36.9. The van der Waals surface area contributed by atoms with Crippen molar-refractivity contribution in [1.82, 2.24) is 0 Å². The number of benzene rings is 8.